The van der Waals surface area contributed by atoms with Gasteiger partial charge >= 0.3 is 0 Å². The van der Waals surface area contributed by atoms with Gasteiger partial charge in [-0.15, -0.1) is 0 Å². The second kappa shape index (κ2) is 17.2. The molecule has 6 N–H and O–H groups in total. The number of ketones is 2. The molecule has 280 valence electrons. The van der Waals surface area contributed by atoms with Crippen LogP contribution < -0.4 is 16.0 Å². The van der Waals surface area contributed by atoms with E-state index in [9.17, 15) is 39.3 Å². The molecular weight excluding hydrogens is 698 g/mol. The molecule has 0 fully saturated rings. The molecule has 0 saturated carbocycles. The number of Topliss-reactive ketones (excluding diaryl/α,β-unsaturated/α-hetero) is 2. The zero-order valence-electron chi connectivity index (χ0n) is 30.8. The van der Waals surface area contributed by atoms with Crippen molar-refractivity contribution >= 4 is 52.4 Å². The van der Waals surface area contributed by atoms with Gasteiger partial charge in [0.2, 0.25) is 5.91 Å². The summed E-state index contributed by atoms with van der Waals surface area (Å²) in [6.07, 6.45) is 1.82. The van der Waals surface area contributed by atoms with E-state index in [1.54, 1.807) is 107 Å². The van der Waals surface area contributed by atoms with E-state index in [0.717, 1.165) is 11.1 Å². The molecule has 3 amide bonds. The Balaban J connectivity index is 1.09. The highest BCUT2D eigenvalue weighted by atomic mass is 16.3. The molecule has 55 heavy (non-hydrogen) atoms. The van der Waals surface area contributed by atoms with Crippen LogP contribution in [0.5, 0.6) is 17.2 Å². The fourth-order valence-electron chi connectivity index (χ4n) is 5.71. The number of phenolic OH excluding ortho intramolecular Hbond substituents is 3. The molecule has 0 spiro atoms. The zero-order chi connectivity index (χ0) is 39.8. The van der Waals surface area contributed by atoms with E-state index in [2.05, 4.69) is 16.0 Å². The number of amides is 3. The van der Waals surface area contributed by atoms with Crippen molar-refractivity contribution < 1.29 is 39.3 Å². The number of nitrogens with one attached hydrogen (secondary N) is 3. The lowest BCUT2D eigenvalue weighted by molar-refractivity contribution is -0.116. The summed E-state index contributed by atoms with van der Waals surface area (Å²) in [6.45, 7) is 6.71. The van der Waals surface area contributed by atoms with Gasteiger partial charge in [-0.25, -0.2) is 0 Å². The Morgan fingerprint density at radius 3 is 1.84 bits per heavy atom. The molecule has 0 bridgehead atoms. The van der Waals surface area contributed by atoms with Crippen molar-refractivity contribution in [2.75, 3.05) is 16.0 Å². The maximum atomic E-state index is 13.0. The van der Waals surface area contributed by atoms with Crippen molar-refractivity contribution in [3.63, 3.8) is 0 Å². The SMILES string of the molecule is C/C(=C\c1ccc(O)cc1)C(=O)Cc1ccc(C(=O)CCC(=O)Nc2ccc(C(=O)Nc3ccc(C(=O)Nc4ccc(C)c(O)c4C)c(O)c3C)cc2)cc1. The van der Waals surface area contributed by atoms with E-state index in [1.165, 1.54) is 24.3 Å². The van der Waals surface area contributed by atoms with Gasteiger partial charge in [0.05, 0.1) is 5.56 Å². The van der Waals surface area contributed by atoms with Gasteiger partial charge in [0, 0.05) is 58.6 Å². The average molecular weight is 740 g/mol. The van der Waals surface area contributed by atoms with Gasteiger partial charge in [-0.1, -0.05) is 42.5 Å². The van der Waals surface area contributed by atoms with E-state index in [-0.39, 0.29) is 70.7 Å². The van der Waals surface area contributed by atoms with Crippen molar-refractivity contribution in [3.8, 4) is 17.2 Å². The normalized spacial score (nSPS) is 11.1. The summed E-state index contributed by atoms with van der Waals surface area (Å²) in [5.41, 5.74) is 5.36. The molecule has 0 unspecified atom stereocenters. The van der Waals surface area contributed by atoms with E-state index in [0.29, 0.717) is 39.3 Å². The Hall–Kier alpha value is -7.01. The third kappa shape index (κ3) is 9.91. The highest BCUT2D eigenvalue weighted by Crippen LogP contribution is 2.32. The van der Waals surface area contributed by atoms with Crippen molar-refractivity contribution in [2.45, 2.75) is 47.0 Å². The standard InChI is InChI=1S/C44H41N3O8/c1-25-5-19-36(27(3)41(25)52)47-44(55)35-18-20-37(28(4)42(35)53)46-43(54)32-12-14-33(15-13-32)45-40(51)22-21-38(49)31-10-6-30(7-11-31)24-39(50)26(2)23-29-8-16-34(48)17-9-29/h5-20,23,48,52-53H,21-22,24H2,1-4H3,(H,45,51)(H,46,54)(H,47,55)/b26-23+. The molecule has 0 aliphatic rings. The summed E-state index contributed by atoms with van der Waals surface area (Å²) < 4.78 is 0. The number of phenols is 3. The molecule has 0 atom stereocenters. The molecule has 11 heteroatoms. The quantitative estimate of drug-likeness (QED) is 0.0518. The number of aromatic hydroxyl groups is 3. The molecule has 0 saturated heterocycles. The third-order valence-electron chi connectivity index (χ3n) is 9.17. The number of carbonyl (C=O) groups excluding carboxylic acids is 5. The summed E-state index contributed by atoms with van der Waals surface area (Å²) in [6, 6.07) is 25.6. The molecule has 11 nitrogen and oxygen atoms in total. The average Bonchev–Trinajstić information content (AvgIpc) is 3.17. The third-order valence-corrected chi connectivity index (χ3v) is 9.17. The molecule has 5 aromatic rings. The Labute approximate surface area is 318 Å². The van der Waals surface area contributed by atoms with E-state index in [1.807, 2.05) is 0 Å². The van der Waals surface area contributed by atoms with Crippen LogP contribution in [-0.2, 0) is 16.0 Å². The summed E-state index contributed by atoms with van der Waals surface area (Å²) in [5.74, 6) is -1.83. The van der Waals surface area contributed by atoms with Gasteiger partial charge in [0.15, 0.2) is 11.6 Å². The number of anilines is 3. The molecule has 0 aliphatic carbocycles. The Bertz CT molecular complexity index is 2310. The second-order valence-electron chi connectivity index (χ2n) is 13.2. The number of rotatable bonds is 13. The number of aryl methyl sites for hydroxylation is 1. The van der Waals surface area contributed by atoms with Crippen LogP contribution in [0.15, 0.2) is 103 Å². The topological polar surface area (TPSA) is 182 Å². The molecule has 0 aromatic heterocycles. The monoisotopic (exact) mass is 739 g/mol. The first-order valence-corrected chi connectivity index (χ1v) is 17.5. The maximum Gasteiger partial charge on any atom is 0.259 e. The van der Waals surface area contributed by atoms with Crippen LogP contribution in [0.4, 0.5) is 17.1 Å². The van der Waals surface area contributed by atoms with Crippen LogP contribution in [0.3, 0.4) is 0 Å². The van der Waals surface area contributed by atoms with Crippen molar-refractivity contribution in [1.29, 1.82) is 0 Å². The first kappa shape index (κ1) is 39.2. The van der Waals surface area contributed by atoms with E-state index in [4.69, 9.17) is 0 Å². The van der Waals surface area contributed by atoms with Gasteiger partial charge in [-0.3, -0.25) is 24.0 Å². The van der Waals surface area contributed by atoms with Crippen molar-refractivity contribution in [1.82, 2.24) is 0 Å². The van der Waals surface area contributed by atoms with Crippen molar-refractivity contribution in [3.05, 3.63) is 147 Å². The number of allylic oxidation sites excluding steroid dienone is 1. The van der Waals surface area contributed by atoms with Crippen LogP contribution in [0, 0.1) is 20.8 Å². The lowest BCUT2D eigenvalue weighted by atomic mass is 9.99. The number of carbonyl (C=O) groups is 5. The highest BCUT2D eigenvalue weighted by Gasteiger charge is 2.19. The Morgan fingerprint density at radius 1 is 0.600 bits per heavy atom. The zero-order valence-corrected chi connectivity index (χ0v) is 30.8. The summed E-state index contributed by atoms with van der Waals surface area (Å²) >= 11 is 0. The minimum absolute atomic E-state index is 0.00877. The smallest absolute Gasteiger partial charge is 0.259 e. The summed E-state index contributed by atoms with van der Waals surface area (Å²) in [7, 11) is 0. The van der Waals surface area contributed by atoms with Gasteiger partial charge in [0.1, 0.15) is 17.2 Å². The molecular formula is C44H41N3O8. The molecule has 5 rings (SSSR count). The number of hydrogen-bond acceptors (Lipinski definition) is 8. The number of hydrogen-bond donors (Lipinski definition) is 6. The molecule has 0 heterocycles. The van der Waals surface area contributed by atoms with Crippen LogP contribution in [-0.4, -0.2) is 44.6 Å². The summed E-state index contributed by atoms with van der Waals surface area (Å²) in [4.78, 5) is 64.1. The molecule has 0 aliphatic heterocycles. The van der Waals surface area contributed by atoms with Crippen LogP contribution in [0.1, 0.15) is 78.7 Å². The van der Waals surface area contributed by atoms with Gasteiger partial charge in [-0.05, 0) is 111 Å². The van der Waals surface area contributed by atoms with E-state index < -0.39 is 11.8 Å². The minimum atomic E-state index is -0.585. The minimum Gasteiger partial charge on any atom is -0.508 e. The Morgan fingerprint density at radius 2 is 1.18 bits per heavy atom. The second-order valence-corrected chi connectivity index (χ2v) is 13.2. The fraction of sp³-hybridized carbons (Fsp3) is 0.159. The van der Waals surface area contributed by atoms with Crippen LogP contribution >= 0.6 is 0 Å². The lowest BCUT2D eigenvalue weighted by Crippen LogP contribution is -2.16. The molecule has 0 radical (unpaired) electrons. The van der Waals surface area contributed by atoms with Crippen LogP contribution in [0.25, 0.3) is 6.08 Å². The summed E-state index contributed by atoms with van der Waals surface area (Å²) in [5, 5.41) is 38.6. The Kier molecular flexibility index (Phi) is 12.3. The van der Waals surface area contributed by atoms with Gasteiger partial charge in [0.25, 0.3) is 11.8 Å². The first-order valence-electron chi connectivity index (χ1n) is 17.5. The number of benzene rings is 5. The molecule has 5 aromatic carbocycles. The highest BCUT2D eigenvalue weighted by molar-refractivity contribution is 6.09. The largest absolute Gasteiger partial charge is 0.508 e. The van der Waals surface area contributed by atoms with Crippen LogP contribution in [0.2, 0.25) is 0 Å². The van der Waals surface area contributed by atoms with E-state index >= 15 is 0 Å². The predicted molar refractivity (Wildman–Crippen MR) is 212 cm³/mol. The first-order chi connectivity index (χ1) is 26.2. The van der Waals surface area contributed by atoms with Gasteiger partial charge < -0.3 is 31.3 Å². The van der Waals surface area contributed by atoms with Crippen molar-refractivity contribution in [2.24, 2.45) is 0 Å². The predicted octanol–water partition coefficient (Wildman–Crippen LogP) is 8.05. The lowest BCUT2D eigenvalue weighted by Gasteiger charge is -2.15. The fourth-order valence-corrected chi connectivity index (χ4v) is 5.71. The maximum absolute atomic E-state index is 13.0. The van der Waals surface area contributed by atoms with Gasteiger partial charge in [-0.2, -0.15) is 0 Å².